The van der Waals surface area contributed by atoms with E-state index in [0.717, 1.165) is 9.25 Å². The summed E-state index contributed by atoms with van der Waals surface area (Å²) in [5, 5.41) is 6.52. The monoisotopic (exact) mass is 396 g/mol. The van der Waals surface area contributed by atoms with Gasteiger partial charge in [-0.25, -0.2) is 9.18 Å². The number of nitrogens with one attached hydrogen (secondary N) is 1. The van der Waals surface area contributed by atoms with Gasteiger partial charge in [0.25, 0.3) is 11.5 Å². The molecule has 3 aromatic rings. The molecule has 3 rings (SSSR count). The standard InChI is InChI=1S/C21H21FN4O3/c1-14(2)12-23-19(27)18-20(28)25(13-15-8-4-3-5-9-15)21(29)26(24-18)17-11-7-6-10-16(17)22/h3-11,14H,12-13H2,1-2H3,(H,23,27). The summed E-state index contributed by atoms with van der Waals surface area (Å²) in [6.07, 6.45) is 0. The van der Waals surface area contributed by atoms with E-state index in [1.54, 1.807) is 30.3 Å². The molecular weight excluding hydrogens is 375 g/mol. The topological polar surface area (TPSA) is 86.0 Å². The van der Waals surface area contributed by atoms with Crippen LogP contribution in [0.5, 0.6) is 0 Å². The van der Waals surface area contributed by atoms with E-state index in [9.17, 15) is 18.8 Å². The molecule has 1 aromatic heterocycles. The van der Waals surface area contributed by atoms with Gasteiger partial charge in [0.05, 0.1) is 6.54 Å². The molecule has 0 radical (unpaired) electrons. The van der Waals surface area contributed by atoms with Crippen molar-refractivity contribution in [3.05, 3.63) is 92.5 Å². The van der Waals surface area contributed by atoms with Crippen LogP contribution in [-0.2, 0) is 6.54 Å². The van der Waals surface area contributed by atoms with E-state index in [2.05, 4.69) is 10.4 Å². The molecule has 150 valence electrons. The van der Waals surface area contributed by atoms with Crippen molar-refractivity contribution in [1.82, 2.24) is 19.7 Å². The molecule has 0 fully saturated rings. The minimum atomic E-state index is -0.829. The molecule has 2 aromatic carbocycles. The molecule has 0 bridgehead atoms. The van der Waals surface area contributed by atoms with Gasteiger partial charge < -0.3 is 5.32 Å². The maximum atomic E-state index is 14.3. The van der Waals surface area contributed by atoms with Gasteiger partial charge >= 0.3 is 5.69 Å². The summed E-state index contributed by atoms with van der Waals surface area (Å²) < 4.78 is 16.0. The zero-order chi connectivity index (χ0) is 21.0. The molecule has 1 amide bonds. The Labute approximate surface area is 166 Å². The number of para-hydroxylation sites is 1. The number of halogens is 1. The molecule has 0 saturated heterocycles. The van der Waals surface area contributed by atoms with Crippen LogP contribution in [0.3, 0.4) is 0 Å². The van der Waals surface area contributed by atoms with Crippen LogP contribution >= 0.6 is 0 Å². The molecule has 0 spiro atoms. The smallest absolute Gasteiger partial charge is 0.350 e. The van der Waals surface area contributed by atoms with Crippen molar-refractivity contribution in [2.24, 2.45) is 5.92 Å². The fourth-order valence-corrected chi connectivity index (χ4v) is 2.72. The van der Waals surface area contributed by atoms with Gasteiger partial charge in [0.1, 0.15) is 11.5 Å². The first-order chi connectivity index (χ1) is 13.9. The molecule has 0 saturated carbocycles. The Morgan fingerprint density at radius 3 is 2.38 bits per heavy atom. The second kappa shape index (κ2) is 8.64. The maximum absolute atomic E-state index is 14.3. The number of hydrogen-bond acceptors (Lipinski definition) is 4. The molecule has 0 aliphatic rings. The molecule has 0 atom stereocenters. The highest BCUT2D eigenvalue weighted by atomic mass is 19.1. The van der Waals surface area contributed by atoms with Gasteiger partial charge in [0.15, 0.2) is 0 Å². The minimum absolute atomic E-state index is 0.0695. The third-order valence-electron chi connectivity index (χ3n) is 4.21. The van der Waals surface area contributed by atoms with E-state index < -0.39 is 28.7 Å². The molecule has 29 heavy (non-hydrogen) atoms. The van der Waals surface area contributed by atoms with E-state index in [-0.39, 0.29) is 18.2 Å². The second-order valence-electron chi connectivity index (χ2n) is 6.98. The van der Waals surface area contributed by atoms with Crippen molar-refractivity contribution < 1.29 is 9.18 Å². The number of rotatable bonds is 6. The fourth-order valence-electron chi connectivity index (χ4n) is 2.72. The molecule has 0 unspecified atom stereocenters. The normalized spacial score (nSPS) is 10.9. The van der Waals surface area contributed by atoms with Crippen LogP contribution in [0.4, 0.5) is 4.39 Å². The third-order valence-corrected chi connectivity index (χ3v) is 4.21. The summed E-state index contributed by atoms with van der Waals surface area (Å²) in [5.41, 5.74) is -1.58. The fraction of sp³-hybridized carbons (Fsp3) is 0.238. The average Bonchev–Trinajstić information content (AvgIpc) is 2.71. The van der Waals surface area contributed by atoms with Crippen LogP contribution in [0.2, 0.25) is 0 Å². The quantitative estimate of drug-likeness (QED) is 0.690. The Hall–Kier alpha value is -3.55. The highest BCUT2D eigenvalue weighted by Gasteiger charge is 2.21. The van der Waals surface area contributed by atoms with Crippen molar-refractivity contribution in [2.45, 2.75) is 20.4 Å². The second-order valence-corrected chi connectivity index (χ2v) is 6.98. The summed E-state index contributed by atoms with van der Waals surface area (Å²) in [6.45, 7) is 4.07. The van der Waals surface area contributed by atoms with Gasteiger partial charge in [-0.2, -0.15) is 9.78 Å². The molecule has 0 aliphatic carbocycles. The molecule has 1 N–H and O–H groups in total. The van der Waals surface area contributed by atoms with E-state index >= 15 is 0 Å². The van der Waals surface area contributed by atoms with Crippen molar-refractivity contribution >= 4 is 5.91 Å². The molecule has 0 aliphatic heterocycles. The van der Waals surface area contributed by atoms with Crippen molar-refractivity contribution in [3.8, 4) is 5.69 Å². The number of aromatic nitrogens is 3. The van der Waals surface area contributed by atoms with Gasteiger partial charge in [-0.15, -0.1) is 0 Å². The first kappa shape index (κ1) is 20.2. The Kier molecular flexibility index (Phi) is 6.01. The van der Waals surface area contributed by atoms with Crippen LogP contribution < -0.4 is 16.6 Å². The van der Waals surface area contributed by atoms with Crippen molar-refractivity contribution in [2.75, 3.05) is 6.54 Å². The Bertz CT molecular complexity index is 1140. The van der Waals surface area contributed by atoms with Crippen LogP contribution in [0, 0.1) is 11.7 Å². The number of hydrogen-bond donors (Lipinski definition) is 1. The van der Waals surface area contributed by atoms with E-state index in [1.165, 1.54) is 24.3 Å². The number of carbonyl (C=O) groups excluding carboxylic acids is 1. The summed E-state index contributed by atoms with van der Waals surface area (Å²) in [4.78, 5) is 38.4. The maximum Gasteiger partial charge on any atom is 0.352 e. The summed E-state index contributed by atoms with van der Waals surface area (Å²) in [5.74, 6) is -1.25. The van der Waals surface area contributed by atoms with Gasteiger partial charge in [-0.05, 0) is 23.6 Å². The Balaban J connectivity index is 2.18. The van der Waals surface area contributed by atoms with Crippen LogP contribution in [0.25, 0.3) is 5.69 Å². The van der Waals surface area contributed by atoms with Crippen LogP contribution in [0.1, 0.15) is 29.9 Å². The lowest BCUT2D eigenvalue weighted by Gasteiger charge is -2.13. The number of carbonyl (C=O) groups is 1. The highest BCUT2D eigenvalue weighted by Crippen LogP contribution is 2.09. The van der Waals surface area contributed by atoms with E-state index in [0.29, 0.717) is 12.1 Å². The Morgan fingerprint density at radius 2 is 1.72 bits per heavy atom. The lowest BCUT2D eigenvalue weighted by atomic mass is 10.2. The molecule has 7 nitrogen and oxygen atoms in total. The number of nitrogens with zero attached hydrogens (tertiary/aromatic N) is 3. The predicted octanol–water partition coefficient (Wildman–Crippen LogP) is 1.97. The predicted molar refractivity (Wildman–Crippen MR) is 107 cm³/mol. The largest absolute Gasteiger partial charge is 0.352 e. The SMILES string of the molecule is CC(C)CNC(=O)c1nn(-c2ccccc2F)c(=O)n(Cc2ccccc2)c1=O. The first-order valence-electron chi connectivity index (χ1n) is 9.19. The first-order valence-corrected chi connectivity index (χ1v) is 9.19. The number of benzene rings is 2. The lowest BCUT2D eigenvalue weighted by molar-refractivity contribution is 0.0939. The molecule has 1 heterocycles. The van der Waals surface area contributed by atoms with Crippen LogP contribution in [-0.4, -0.2) is 26.8 Å². The number of amides is 1. The third kappa shape index (κ3) is 4.48. The van der Waals surface area contributed by atoms with E-state index in [4.69, 9.17) is 0 Å². The summed E-state index contributed by atoms with van der Waals surface area (Å²) in [6, 6.07) is 14.4. The van der Waals surface area contributed by atoms with E-state index in [1.807, 2.05) is 13.8 Å². The van der Waals surface area contributed by atoms with Gasteiger partial charge in [-0.1, -0.05) is 56.3 Å². The minimum Gasteiger partial charge on any atom is -0.350 e. The van der Waals surface area contributed by atoms with Crippen LogP contribution in [0.15, 0.2) is 64.2 Å². The van der Waals surface area contributed by atoms with Gasteiger partial charge in [0, 0.05) is 6.54 Å². The molecular formula is C21H21FN4O3. The average molecular weight is 396 g/mol. The zero-order valence-electron chi connectivity index (χ0n) is 16.1. The Morgan fingerprint density at radius 1 is 1.07 bits per heavy atom. The zero-order valence-corrected chi connectivity index (χ0v) is 16.1. The van der Waals surface area contributed by atoms with Gasteiger partial charge in [0.2, 0.25) is 5.69 Å². The highest BCUT2D eigenvalue weighted by molar-refractivity contribution is 5.91. The van der Waals surface area contributed by atoms with Crippen molar-refractivity contribution in [1.29, 1.82) is 0 Å². The van der Waals surface area contributed by atoms with Gasteiger partial charge in [-0.3, -0.25) is 14.2 Å². The molecule has 8 heteroatoms. The summed E-state index contributed by atoms with van der Waals surface area (Å²) >= 11 is 0. The van der Waals surface area contributed by atoms with Crippen molar-refractivity contribution in [3.63, 3.8) is 0 Å². The lowest BCUT2D eigenvalue weighted by Crippen LogP contribution is -2.46. The summed E-state index contributed by atoms with van der Waals surface area (Å²) in [7, 11) is 0.